The Hall–Kier alpha value is -0.540. The molecule has 2 nitrogen and oxygen atoms in total. The van der Waals surface area contributed by atoms with Crippen molar-refractivity contribution < 1.29 is 4.74 Å². The zero-order valence-electron chi connectivity index (χ0n) is 9.29. The van der Waals surface area contributed by atoms with E-state index in [1.807, 2.05) is 6.07 Å². The molecular weight excluding hydrogens is 254 g/mol. The van der Waals surface area contributed by atoms with Crippen molar-refractivity contribution in [1.82, 2.24) is 0 Å². The van der Waals surface area contributed by atoms with Crippen molar-refractivity contribution in [2.45, 2.75) is 19.8 Å². The van der Waals surface area contributed by atoms with Crippen LogP contribution in [0.15, 0.2) is 22.7 Å². The third kappa shape index (κ3) is 3.84. The molecule has 2 N–H and O–H groups in total. The molecule has 0 aliphatic rings. The monoisotopic (exact) mass is 271 g/mol. The molecule has 1 aromatic rings. The van der Waals surface area contributed by atoms with Gasteiger partial charge in [0.05, 0.1) is 11.6 Å². The van der Waals surface area contributed by atoms with Gasteiger partial charge in [-0.25, -0.2) is 0 Å². The van der Waals surface area contributed by atoms with Gasteiger partial charge >= 0.3 is 0 Å². The van der Waals surface area contributed by atoms with Gasteiger partial charge in [0.25, 0.3) is 0 Å². The minimum absolute atomic E-state index is 0.589. The van der Waals surface area contributed by atoms with Gasteiger partial charge in [-0.1, -0.05) is 13.0 Å². The molecule has 1 rings (SSSR count). The summed E-state index contributed by atoms with van der Waals surface area (Å²) in [5, 5.41) is 0. The summed E-state index contributed by atoms with van der Waals surface area (Å²) in [6.07, 6.45) is 2.20. The van der Waals surface area contributed by atoms with Gasteiger partial charge in [-0.05, 0) is 58.9 Å². The van der Waals surface area contributed by atoms with E-state index in [0.29, 0.717) is 5.92 Å². The highest BCUT2D eigenvalue weighted by atomic mass is 79.9. The van der Waals surface area contributed by atoms with Gasteiger partial charge in [0.15, 0.2) is 0 Å². The summed E-state index contributed by atoms with van der Waals surface area (Å²) in [5.41, 5.74) is 6.90. The molecule has 1 unspecified atom stereocenters. The number of nitrogens with two attached hydrogens (primary N) is 1. The Morgan fingerprint density at radius 2 is 2.20 bits per heavy atom. The number of hydrogen-bond donors (Lipinski definition) is 1. The van der Waals surface area contributed by atoms with Crippen LogP contribution in [-0.2, 0) is 6.42 Å². The molecule has 0 amide bonds. The largest absolute Gasteiger partial charge is 0.496 e. The fourth-order valence-electron chi connectivity index (χ4n) is 1.40. The van der Waals surface area contributed by atoms with Crippen molar-refractivity contribution in [2.75, 3.05) is 13.7 Å². The maximum atomic E-state index is 5.58. The Balaban J connectivity index is 2.59. The molecular formula is C12H18BrNO. The molecule has 0 heterocycles. The van der Waals surface area contributed by atoms with Crippen LogP contribution in [0.2, 0.25) is 0 Å². The Bertz CT molecular complexity index is 314. The molecule has 3 heteroatoms. The lowest BCUT2D eigenvalue weighted by atomic mass is 10.0. The van der Waals surface area contributed by atoms with Crippen molar-refractivity contribution in [1.29, 1.82) is 0 Å². The Morgan fingerprint density at radius 3 is 2.73 bits per heavy atom. The van der Waals surface area contributed by atoms with E-state index in [-0.39, 0.29) is 0 Å². The van der Waals surface area contributed by atoms with E-state index in [9.17, 15) is 0 Å². The zero-order chi connectivity index (χ0) is 11.3. The molecule has 0 saturated carbocycles. The molecule has 0 spiro atoms. The first-order valence-electron chi connectivity index (χ1n) is 5.20. The molecule has 0 aliphatic carbocycles. The van der Waals surface area contributed by atoms with Crippen LogP contribution in [-0.4, -0.2) is 13.7 Å². The lowest BCUT2D eigenvalue weighted by Crippen LogP contribution is -2.11. The number of methoxy groups -OCH3 is 1. The van der Waals surface area contributed by atoms with Crippen molar-refractivity contribution in [3.05, 3.63) is 28.2 Å². The molecule has 0 bridgehead atoms. The predicted octanol–water partition coefficient (Wildman–Crippen LogP) is 2.99. The fraction of sp³-hybridized carbons (Fsp3) is 0.500. The highest BCUT2D eigenvalue weighted by Gasteiger charge is 2.03. The molecule has 0 radical (unpaired) electrons. The van der Waals surface area contributed by atoms with Crippen LogP contribution < -0.4 is 10.5 Å². The average Bonchev–Trinajstić information content (AvgIpc) is 2.26. The first kappa shape index (κ1) is 12.5. The lowest BCUT2D eigenvalue weighted by molar-refractivity contribution is 0.412. The van der Waals surface area contributed by atoms with Gasteiger partial charge in [-0.3, -0.25) is 0 Å². The van der Waals surface area contributed by atoms with E-state index in [4.69, 9.17) is 10.5 Å². The highest BCUT2D eigenvalue weighted by Crippen LogP contribution is 2.26. The fourth-order valence-corrected chi connectivity index (χ4v) is 1.98. The number of rotatable bonds is 5. The SMILES string of the molecule is COc1ccc(CCC(C)CN)cc1Br. The number of hydrogen-bond acceptors (Lipinski definition) is 2. The van der Waals surface area contributed by atoms with Crippen molar-refractivity contribution in [2.24, 2.45) is 11.7 Å². The van der Waals surface area contributed by atoms with Crippen LogP contribution in [0.25, 0.3) is 0 Å². The molecule has 0 fully saturated rings. The summed E-state index contributed by atoms with van der Waals surface area (Å²) in [6, 6.07) is 6.21. The van der Waals surface area contributed by atoms with E-state index in [2.05, 4.69) is 35.0 Å². The summed E-state index contributed by atoms with van der Waals surface area (Å²) >= 11 is 3.48. The summed E-state index contributed by atoms with van der Waals surface area (Å²) in [5.74, 6) is 1.47. The number of halogens is 1. The predicted molar refractivity (Wildman–Crippen MR) is 67.2 cm³/mol. The van der Waals surface area contributed by atoms with Gasteiger partial charge in [0.1, 0.15) is 5.75 Å². The molecule has 1 atom stereocenters. The van der Waals surface area contributed by atoms with E-state index in [1.165, 1.54) is 5.56 Å². The Kier molecular flexibility index (Phi) is 5.12. The van der Waals surface area contributed by atoms with Gasteiger partial charge in [-0.2, -0.15) is 0 Å². The van der Waals surface area contributed by atoms with Crippen molar-refractivity contribution in [3.8, 4) is 5.75 Å². The van der Waals surface area contributed by atoms with Gasteiger partial charge in [0, 0.05) is 0 Å². The third-order valence-corrected chi connectivity index (χ3v) is 3.16. The second-order valence-electron chi connectivity index (χ2n) is 3.85. The smallest absolute Gasteiger partial charge is 0.133 e. The second kappa shape index (κ2) is 6.13. The van der Waals surface area contributed by atoms with Crippen LogP contribution in [0, 0.1) is 5.92 Å². The first-order valence-corrected chi connectivity index (χ1v) is 5.99. The Labute approximate surface area is 99.9 Å². The lowest BCUT2D eigenvalue weighted by Gasteiger charge is -2.09. The van der Waals surface area contributed by atoms with Crippen LogP contribution in [0.1, 0.15) is 18.9 Å². The molecule has 15 heavy (non-hydrogen) atoms. The van der Waals surface area contributed by atoms with Gasteiger partial charge in [0.2, 0.25) is 0 Å². The van der Waals surface area contributed by atoms with Crippen molar-refractivity contribution in [3.63, 3.8) is 0 Å². The zero-order valence-corrected chi connectivity index (χ0v) is 10.9. The Morgan fingerprint density at radius 1 is 1.47 bits per heavy atom. The first-order chi connectivity index (χ1) is 7.17. The van der Waals surface area contributed by atoms with Crippen LogP contribution in [0.4, 0.5) is 0 Å². The quantitative estimate of drug-likeness (QED) is 0.894. The highest BCUT2D eigenvalue weighted by molar-refractivity contribution is 9.10. The van der Waals surface area contributed by atoms with Crippen molar-refractivity contribution >= 4 is 15.9 Å². The third-order valence-electron chi connectivity index (χ3n) is 2.54. The van der Waals surface area contributed by atoms with Gasteiger partial charge in [-0.15, -0.1) is 0 Å². The summed E-state index contributed by atoms with van der Waals surface area (Å²) in [4.78, 5) is 0. The summed E-state index contributed by atoms with van der Waals surface area (Å²) in [6.45, 7) is 2.94. The van der Waals surface area contributed by atoms with E-state index < -0.39 is 0 Å². The van der Waals surface area contributed by atoms with E-state index in [0.717, 1.165) is 29.6 Å². The van der Waals surface area contributed by atoms with Crippen LogP contribution >= 0.6 is 15.9 Å². The molecule has 0 saturated heterocycles. The average molecular weight is 272 g/mol. The molecule has 0 aromatic heterocycles. The maximum absolute atomic E-state index is 5.58. The topological polar surface area (TPSA) is 35.2 Å². The number of aryl methyl sites for hydroxylation is 1. The minimum Gasteiger partial charge on any atom is -0.496 e. The maximum Gasteiger partial charge on any atom is 0.133 e. The normalized spacial score (nSPS) is 12.5. The van der Waals surface area contributed by atoms with Gasteiger partial charge < -0.3 is 10.5 Å². The summed E-state index contributed by atoms with van der Waals surface area (Å²) in [7, 11) is 1.68. The number of ether oxygens (including phenoxy) is 1. The second-order valence-corrected chi connectivity index (χ2v) is 4.70. The van der Waals surface area contributed by atoms with Crippen LogP contribution in [0.5, 0.6) is 5.75 Å². The van der Waals surface area contributed by atoms with E-state index >= 15 is 0 Å². The number of benzene rings is 1. The summed E-state index contributed by atoms with van der Waals surface area (Å²) < 4.78 is 6.20. The molecule has 0 aliphatic heterocycles. The minimum atomic E-state index is 0.589. The standard InChI is InChI=1S/C12H18BrNO/c1-9(8-14)3-4-10-5-6-12(15-2)11(13)7-10/h5-7,9H,3-4,8,14H2,1-2H3. The molecule has 84 valence electrons. The van der Waals surface area contributed by atoms with E-state index in [1.54, 1.807) is 7.11 Å². The van der Waals surface area contributed by atoms with Crippen LogP contribution in [0.3, 0.4) is 0 Å². The molecule has 1 aromatic carbocycles.